The van der Waals surface area contributed by atoms with Crippen LogP contribution in [0.25, 0.3) is 0 Å². The molecule has 1 amide bonds. The Balaban J connectivity index is 2.53. The molecule has 0 aliphatic heterocycles. The standard InChI is InChI=1S/C10H14N2O4/c1-12-5-3-4-7(12)9(13)11-6-8(16-2)10(14)15/h3-5,8H,6H2,1-2H3,(H,11,13)(H,14,15). The van der Waals surface area contributed by atoms with Gasteiger partial charge < -0.3 is 19.7 Å². The van der Waals surface area contributed by atoms with E-state index in [1.54, 1.807) is 29.9 Å². The zero-order chi connectivity index (χ0) is 12.1. The maximum atomic E-state index is 11.6. The zero-order valence-corrected chi connectivity index (χ0v) is 9.14. The number of rotatable bonds is 5. The second kappa shape index (κ2) is 5.32. The van der Waals surface area contributed by atoms with Crippen molar-refractivity contribution in [2.24, 2.45) is 7.05 Å². The highest BCUT2D eigenvalue weighted by Gasteiger charge is 2.18. The van der Waals surface area contributed by atoms with E-state index >= 15 is 0 Å². The van der Waals surface area contributed by atoms with Crippen molar-refractivity contribution in [3.8, 4) is 0 Å². The molecule has 1 aromatic heterocycles. The van der Waals surface area contributed by atoms with Gasteiger partial charge in [-0.05, 0) is 12.1 Å². The molecule has 0 saturated carbocycles. The largest absolute Gasteiger partial charge is 0.479 e. The van der Waals surface area contributed by atoms with E-state index < -0.39 is 12.1 Å². The third kappa shape index (κ3) is 2.83. The number of nitrogens with one attached hydrogen (secondary N) is 1. The van der Waals surface area contributed by atoms with Crippen molar-refractivity contribution in [2.75, 3.05) is 13.7 Å². The van der Waals surface area contributed by atoms with Gasteiger partial charge in [-0.15, -0.1) is 0 Å². The minimum Gasteiger partial charge on any atom is -0.479 e. The molecule has 0 aliphatic carbocycles. The first-order chi connectivity index (χ1) is 7.56. The molecular formula is C10H14N2O4. The summed E-state index contributed by atoms with van der Waals surface area (Å²) >= 11 is 0. The van der Waals surface area contributed by atoms with Gasteiger partial charge in [0.15, 0.2) is 6.10 Å². The Morgan fingerprint density at radius 3 is 2.75 bits per heavy atom. The minimum atomic E-state index is -1.10. The van der Waals surface area contributed by atoms with Crippen molar-refractivity contribution in [3.05, 3.63) is 24.0 Å². The van der Waals surface area contributed by atoms with Gasteiger partial charge in [0.25, 0.3) is 5.91 Å². The maximum Gasteiger partial charge on any atom is 0.334 e. The summed E-state index contributed by atoms with van der Waals surface area (Å²) in [5.74, 6) is -1.43. The normalized spacial score (nSPS) is 12.1. The summed E-state index contributed by atoms with van der Waals surface area (Å²) in [5.41, 5.74) is 0.472. The molecule has 0 spiro atoms. The van der Waals surface area contributed by atoms with Crippen LogP contribution in [0.2, 0.25) is 0 Å². The van der Waals surface area contributed by atoms with Crippen molar-refractivity contribution in [3.63, 3.8) is 0 Å². The first-order valence-electron chi connectivity index (χ1n) is 4.71. The van der Waals surface area contributed by atoms with Crippen LogP contribution in [-0.4, -0.2) is 41.3 Å². The average molecular weight is 226 g/mol. The molecule has 6 heteroatoms. The van der Waals surface area contributed by atoms with Gasteiger partial charge in [0.2, 0.25) is 0 Å². The number of methoxy groups -OCH3 is 1. The van der Waals surface area contributed by atoms with Gasteiger partial charge >= 0.3 is 5.97 Å². The summed E-state index contributed by atoms with van der Waals surface area (Å²) in [7, 11) is 3.02. The molecule has 0 radical (unpaired) electrons. The summed E-state index contributed by atoms with van der Waals surface area (Å²) in [6, 6.07) is 3.39. The number of ether oxygens (including phenoxy) is 1. The van der Waals surface area contributed by atoms with E-state index in [4.69, 9.17) is 5.11 Å². The fourth-order valence-corrected chi connectivity index (χ4v) is 1.24. The number of aromatic nitrogens is 1. The number of hydrogen-bond donors (Lipinski definition) is 2. The molecule has 0 aliphatic rings. The van der Waals surface area contributed by atoms with Crippen LogP contribution in [-0.2, 0) is 16.6 Å². The smallest absolute Gasteiger partial charge is 0.334 e. The van der Waals surface area contributed by atoms with E-state index in [0.29, 0.717) is 5.69 Å². The third-order valence-corrected chi connectivity index (χ3v) is 2.18. The average Bonchev–Trinajstić information content (AvgIpc) is 2.64. The molecular weight excluding hydrogens is 212 g/mol. The Hall–Kier alpha value is -1.82. The Morgan fingerprint density at radius 2 is 2.31 bits per heavy atom. The lowest BCUT2D eigenvalue weighted by atomic mass is 10.3. The molecule has 6 nitrogen and oxygen atoms in total. The highest BCUT2D eigenvalue weighted by Crippen LogP contribution is 1.99. The summed E-state index contributed by atoms with van der Waals surface area (Å²) in [6.45, 7) is -0.0597. The molecule has 1 heterocycles. The fourth-order valence-electron chi connectivity index (χ4n) is 1.24. The molecule has 1 rings (SSSR count). The number of carboxylic acids is 1. The van der Waals surface area contributed by atoms with E-state index in [1.807, 2.05) is 0 Å². The first kappa shape index (κ1) is 12.3. The van der Waals surface area contributed by atoms with E-state index in [-0.39, 0.29) is 12.5 Å². The van der Waals surface area contributed by atoms with Crippen LogP contribution >= 0.6 is 0 Å². The molecule has 0 aromatic carbocycles. The van der Waals surface area contributed by atoms with Crippen molar-refractivity contribution in [2.45, 2.75) is 6.10 Å². The van der Waals surface area contributed by atoms with Crippen molar-refractivity contribution in [1.82, 2.24) is 9.88 Å². The lowest BCUT2D eigenvalue weighted by Crippen LogP contribution is -2.38. The summed E-state index contributed by atoms with van der Waals surface area (Å²) in [4.78, 5) is 22.2. The first-order valence-corrected chi connectivity index (χ1v) is 4.71. The van der Waals surface area contributed by atoms with Crippen LogP contribution in [0.4, 0.5) is 0 Å². The molecule has 0 saturated heterocycles. The Kier molecular flexibility index (Phi) is 4.07. The number of hydrogen-bond acceptors (Lipinski definition) is 3. The van der Waals surface area contributed by atoms with Crippen LogP contribution in [0.1, 0.15) is 10.5 Å². The summed E-state index contributed by atoms with van der Waals surface area (Å²) < 4.78 is 6.34. The monoisotopic (exact) mass is 226 g/mol. The molecule has 1 atom stereocenters. The highest BCUT2D eigenvalue weighted by molar-refractivity contribution is 5.93. The predicted molar refractivity (Wildman–Crippen MR) is 56.2 cm³/mol. The van der Waals surface area contributed by atoms with Gasteiger partial charge in [0.05, 0.1) is 6.54 Å². The number of nitrogens with zero attached hydrogens (tertiary/aromatic N) is 1. The fraction of sp³-hybridized carbons (Fsp3) is 0.400. The Labute approximate surface area is 92.8 Å². The van der Waals surface area contributed by atoms with Crippen LogP contribution < -0.4 is 5.32 Å². The lowest BCUT2D eigenvalue weighted by molar-refractivity contribution is -0.148. The van der Waals surface area contributed by atoms with Crippen molar-refractivity contribution < 1.29 is 19.4 Å². The number of carboxylic acid groups (broad SMARTS) is 1. The number of aryl methyl sites for hydroxylation is 1. The van der Waals surface area contributed by atoms with Crippen LogP contribution in [0, 0.1) is 0 Å². The van der Waals surface area contributed by atoms with Gasteiger partial charge in [-0.3, -0.25) is 4.79 Å². The van der Waals surface area contributed by atoms with Gasteiger partial charge in [-0.25, -0.2) is 4.79 Å². The van der Waals surface area contributed by atoms with E-state index in [1.165, 1.54) is 7.11 Å². The molecule has 1 aromatic rings. The SMILES string of the molecule is COC(CNC(=O)c1cccn1C)C(=O)O. The van der Waals surface area contributed by atoms with Crippen molar-refractivity contribution in [1.29, 1.82) is 0 Å². The number of carbonyl (C=O) groups is 2. The highest BCUT2D eigenvalue weighted by atomic mass is 16.5. The maximum absolute atomic E-state index is 11.6. The molecule has 16 heavy (non-hydrogen) atoms. The van der Waals surface area contributed by atoms with E-state index in [0.717, 1.165) is 0 Å². The molecule has 0 fully saturated rings. The second-order valence-electron chi connectivity index (χ2n) is 3.28. The zero-order valence-electron chi connectivity index (χ0n) is 9.14. The minimum absolute atomic E-state index is 0.0597. The topological polar surface area (TPSA) is 80.6 Å². The molecule has 0 bridgehead atoms. The van der Waals surface area contributed by atoms with Gasteiger partial charge in [0, 0.05) is 20.4 Å². The number of amides is 1. The number of carbonyl (C=O) groups excluding carboxylic acids is 1. The van der Waals surface area contributed by atoms with Crippen LogP contribution in [0.15, 0.2) is 18.3 Å². The molecule has 2 N–H and O–H groups in total. The number of aliphatic carboxylic acids is 1. The van der Waals surface area contributed by atoms with Crippen LogP contribution in [0.3, 0.4) is 0 Å². The van der Waals surface area contributed by atoms with Gasteiger partial charge in [-0.2, -0.15) is 0 Å². The van der Waals surface area contributed by atoms with Gasteiger partial charge in [-0.1, -0.05) is 0 Å². The third-order valence-electron chi connectivity index (χ3n) is 2.18. The van der Waals surface area contributed by atoms with Crippen molar-refractivity contribution >= 4 is 11.9 Å². The lowest BCUT2D eigenvalue weighted by Gasteiger charge is -2.11. The molecule has 88 valence electrons. The molecule has 1 unspecified atom stereocenters. The second-order valence-corrected chi connectivity index (χ2v) is 3.28. The Bertz CT molecular complexity index is 386. The quantitative estimate of drug-likeness (QED) is 0.732. The Morgan fingerprint density at radius 1 is 1.62 bits per heavy atom. The van der Waals surface area contributed by atoms with E-state index in [2.05, 4.69) is 10.1 Å². The predicted octanol–water partition coefficient (Wildman–Crippen LogP) is -0.146. The van der Waals surface area contributed by atoms with Gasteiger partial charge in [0.1, 0.15) is 5.69 Å². The summed E-state index contributed by atoms with van der Waals surface area (Å²) in [5, 5.41) is 11.2. The van der Waals surface area contributed by atoms with Crippen LogP contribution in [0.5, 0.6) is 0 Å². The van der Waals surface area contributed by atoms with E-state index in [9.17, 15) is 9.59 Å². The summed E-state index contributed by atoms with van der Waals surface area (Å²) in [6.07, 6.45) is 0.712.